The van der Waals surface area contributed by atoms with Gasteiger partial charge in [0.15, 0.2) is 0 Å². The summed E-state index contributed by atoms with van der Waals surface area (Å²) in [4.78, 5) is 13.7. The zero-order valence-corrected chi connectivity index (χ0v) is 12.8. The van der Waals surface area contributed by atoms with E-state index in [2.05, 4.69) is 23.1 Å². The number of nitrogen functional groups attached to an aromatic ring is 1. The van der Waals surface area contributed by atoms with Crippen LogP contribution in [0, 0.1) is 5.92 Å². The molecule has 0 saturated heterocycles. The van der Waals surface area contributed by atoms with Crippen molar-refractivity contribution in [2.45, 2.75) is 25.7 Å². The SMILES string of the molecule is CC1=Nc2ccc(-c3ccn4nc(N)ncc34)nc2C1C1CC1. The number of hydrogen-bond acceptors (Lipinski definition) is 5. The van der Waals surface area contributed by atoms with E-state index in [-0.39, 0.29) is 5.95 Å². The first kappa shape index (κ1) is 12.8. The van der Waals surface area contributed by atoms with Crippen LogP contribution < -0.4 is 5.73 Å². The predicted molar refractivity (Wildman–Crippen MR) is 88.9 cm³/mol. The molecule has 2 N–H and O–H groups in total. The van der Waals surface area contributed by atoms with Crippen molar-refractivity contribution < 1.29 is 0 Å². The first-order valence-corrected chi connectivity index (χ1v) is 7.87. The molecule has 114 valence electrons. The number of aromatic nitrogens is 4. The van der Waals surface area contributed by atoms with Crippen molar-refractivity contribution in [2.24, 2.45) is 10.9 Å². The Hall–Kier alpha value is -2.76. The fourth-order valence-electron chi connectivity index (χ4n) is 3.52. The van der Waals surface area contributed by atoms with Crippen molar-refractivity contribution in [1.29, 1.82) is 0 Å². The number of nitrogens with zero attached hydrogens (tertiary/aromatic N) is 5. The first-order chi connectivity index (χ1) is 11.2. The highest BCUT2D eigenvalue weighted by molar-refractivity contribution is 5.96. The highest BCUT2D eigenvalue weighted by atomic mass is 15.3. The van der Waals surface area contributed by atoms with E-state index in [0.717, 1.165) is 34.1 Å². The number of fused-ring (bicyclic) bond motifs is 2. The summed E-state index contributed by atoms with van der Waals surface area (Å²) in [7, 11) is 0. The lowest BCUT2D eigenvalue weighted by molar-refractivity contribution is 0.752. The third-order valence-electron chi connectivity index (χ3n) is 4.75. The van der Waals surface area contributed by atoms with Crippen LogP contribution >= 0.6 is 0 Å². The number of anilines is 1. The topological polar surface area (TPSA) is 81.5 Å². The average Bonchev–Trinajstić information content (AvgIpc) is 3.19. The van der Waals surface area contributed by atoms with Crippen molar-refractivity contribution in [3.8, 4) is 11.3 Å². The summed E-state index contributed by atoms with van der Waals surface area (Å²) in [5.74, 6) is 1.38. The average molecular weight is 304 g/mol. The first-order valence-electron chi connectivity index (χ1n) is 7.87. The van der Waals surface area contributed by atoms with Crippen LogP contribution in [-0.2, 0) is 0 Å². The molecule has 0 aromatic carbocycles. The zero-order valence-electron chi connectivity index (χ0n) is 12.8. The molecule has 3 aromatic heterocycles. The normalized spacial score (nSPS) is 19.9. The van der Waals surface area contributed by atoms with Crippen LogP contribution in [0.4, 0.5) is 11.6 Å². The van der Waals surface area contributed by atoms with E-state index in [1.807, 2.05) is 18.3 Å². The predicted octanol–water partition coefficient (Wildman–Crippen LogP) is 2.97. The minimum Gasteiger partial charge on any atom is -0.367 e. The van der Waals surface area contributed by atoms with Crippen LogP contribution in [0.2, 0.25) is 0 Å². The van der Waals surface area contributed by atoms with Crippen molar-refractivity contribution in [3.63, 3.8) is 0 Å². The summed E-state index contributed by atoms with van der Waals surface area (Å²) in [5, 5.41) is 4.19. The monoisotopic (exact) mass is 304 g/mol. The Morgan fingerprint density at radius 3 is 2.91 bits per heavy atom. The van der Waals surface area contributed by atoms with Crippen molar-refractivity contribution in [3.05, 3.63) is 36.3 Å². The Balaban J connectivity index is 1.65. The van der Waals surface area contributed by atoms with Crippen molar-refractivity contribution in [2.75, 3.05) is 5.73 Å². The van der Waals surface area contributed by atoms with Gasteiger partial charge in [-0.15, -0.1) is 5.10 Å². The maximum Gasteiger partial charge on any atom is 0.238 e. The molecular weight excluding hydrogens is 288 g/mol. The molecule has 1 aliphatic carbocycles. The molecule has 5 rings (SSSR count). The number of hydrogen-bond donors (Lipinski definition) is 1. The molecule has 1 aliphatic heterocycles. The summed E-state index contributed by atoms with van der Waals surface area (Å²) in [5.41, 5.74) is 11.9. The Labute approximate surface area is 133 Å². The van der Waals surface area contributed by atoms with E-state index in [1.54, 1.807) is 10.7 Å². The van der Waals surface area contributed by atoms with Gasteiger partial charge < -0.3 is 5.73 Å². The van der Waals surface area contributed by atoms with E-state index in [1.165, 1.54) is 18.6 Å². The molecule has 0 radical (unpaired) electrons. The van der Waals surface area contributed by atoms with Crippen LogP contribution in [0.15, 0.2) is 35.6 Å². The van der Waals surface area contributed by atoms with Gasteiger partial charge in [0.05, 0.1) is 28.8 Å². The van der Waals surface area contributed by atoms with E-state index < -0.39 is 0 Å². The van der Waals surface area contributed by atoms with E-state index >= 15 is 0 Å². The fraction of sp³-hybridized carbons (Fsp3) is 0.294. The number of rotatable bonds is 2. The lowest BCUT2D eigenvalue weighted by atomic mass is 9.95. The second-order valence-electron chi connectivity index (χ2n) is 6.34. The minimum absolute atomic E-state index is 0.263. The van der Waals surface area contributed by atoms with Crippen molar-refractivity contribution in [1.82, 2.24) is 19.6 Å². The maximum atomic E-state index is 5.65. The van der Waals surface area contributed by atoms with Gasteiger partial charge in [-0.05, 0) is 43.9 Å². The highest BCUT2D eigenvalue weighted by Gasteiger charge is 2.39. The molecule has 2 aliphatic rings. The van der Waals surface area contributed by atoms with Gasteiger partial charge in [0.25, 0.3) is 0 Å². The molecule has 1 atom stereocenters. The molecule has 6 nitrogen and oxygen atoms in total. The molecular formula is C17H16N6. The van der Waals surface area contributed by atoms with Crippen LogP contribution in [0.25, 0.3) is 16.8 Å². The highest BCUT2D eigenvalue weighted by Crippen LogP contribution is 2.49. The Kier molecular flexibility index (Phi) is 2.43. The van der Waals surface area contributed by atoms with Crippen LogP contribution in [-0.4, -0.2) is 25.3 Å². The van der Waals surface area contributed by atoms with Crippen LogP contribution in [0.5, 0.6) is 0 Å². The number of aliphatic imine (C=N–C) groups is 1. The largest absolute Gasteiger partial charge is 0.367 e. The van der Waals surface area contributed by atoms with Gasteiger partial charge in [0.1, 0.15) is 0 Å². The molecule has 1 unspecified atom stereocenters. The molecule has 0 spiro atoms. The standard InChI is InChI=1S/C17H16N6/c1-9-15(10-2-3-10)16-13(20-9)5-4-12(21-16)11-6-7-23-14(11)8-19-17(18)22-23/h4-8,10,15H,2-3H2,1H3,(H2,18,22). The van der Waals surface area contributed by atoms with Gasteiger partial charge in [0.2, 0.25) is 5.95 Å². The smallest absolute Gasteiger partial charge is 0.238 e. The third kappa shape index (κ3) is 1.87. The van der Waals surface area contributed by atoms with Gasteiger partial charge in [0, 0.05) is 23.4 Å². The Morgan fingerprint density at radius 1 is 1.22 bits per heavy atom. The van der Waals surface area contributed by atoms with Crippen LogP contribution in [0.1, 0.15) is 31.4 Å². The molecule has 23 heavy (non-hydrogen) atoms. The molecule has 1 fully saturated rings. The number of nitrogens with two attached hydrogens (primary N) is 1. The lowest BCUT2D eigenvalue weighted by Crippen LogP contribution is -2.08. The summed E-state index contributed by atoms with van der Waals surface area (Å²) in [6.07, 6.45) is 6.20. The summed E-state index contributed by atoms with van der Waals surface area (Å²) >= 11 is 0. The summed E-state index contributed by atoms with van der Waals surface area (Å²) in [6.45, 7) is 2.12. The van der Waals surface area contributed by atoms with Gasteiger partial charge >= 0.3 is 0 Å². The molecule has 0 bridgehead atoms. The number of pyridine rings is 1. The van der Waals surface area contributed by atoms with Crippen LogP contribution in [0.3, 0.4) is 0 Å². The quantitative estimate of drug-likeness (QED) is 0.789. The molecule has 6 heteroatoms. The molecule has 0 amide bonds. The van der Waals surface area contributed by atoms with Gasteiger partial charge in [-0.2, -0.15) is 0 Å². The van der Waals surface area contributed by atoms with Gasteiger partial charge in [-0.1, -0.05) is 0 Å². The second-order valence-corrected chi connectivity index (χ2v) is 6.34. The molecule has 4 heterocycles. The lowest BCUT2D eigenvalue weighted by Gasteiger charge is -2.11. The Morgan fingerprint density at radius 2 is 2.09 bits per heavy atom. The van der Waals surface area contributed by atoms with Gasteiger partial charge in [-0.3, -0.25) is 4.99 Å². The van der Waals surface area contributed by atoms with E-state index in [4.69, 9.17) is 15.7 Å². The Bertz CT molecular complexity index is 966. The third-order valence-corrected chi connectivity index (χ3v) is 4.75. The zero-order chi connectivity index (χ0) is 15.6. The summed E-state index contributed by atoms with van der Waals surface area (Å²) in [6, 6.07) is 6.11. The van der Waals surface area contributed by atoms with Crippen molar-refractivity contribution >= 4 is 22.9 Å². The molecule has 1 saturated carbocycles. The second kappa shape index (κ2) is 4.38. The fourth-order valence-corrected chi connectivity index (χ4v) is 3.52. The van der Waals surface area contributed by atoms with Gasteiger partial charge in [-0.25, -0.2) is 14.5 Å². The maximum absolute atomic E-state index is 5.65. The molecule has 3 aromatic rings. The minimum atomic E-state index is 0.263. The van der Waals surface area contributed by atoms with E-state index in [0.29, 0.717) is 5.92 Å². The summed E-state index contributed by atoms with van der Waals surface area (Å²) < 4.78 is 1.74. The van der Waals surface area contributed by atoms with E-state index in [9.17, 15) is 0 Å².